The Hall–Kier alpha value is -1.70. The van der Waals surface area contributed by atoms with E-state index in [1.165, 1.54) is 0 Å². The third-order valence-corrected chi connectivity index (χ3v) is 1.59. The molecule has 0 unspecified atom stereocenters. The Kier molecular flexibility index (Phi) is 5.03. The molecule has 70 valence electrons. The van der Waals surface area contributed by atoms with Crippen molar-refractivity contribution in [3.05, 3.63) is 35.9 Å². The van der Waals surface area contributed by atoms with Crippen LogP contribution in [0.5, 0.6) is 0 Å². The van der Waals surface area contributed by atoms with Crippen LogP contribution >= 0.6 is 0 Å². The molecule has 0 heterocycles. The van der Waals surface area contributed by atoms with E-state index in [9.17, 15) is 0 Å². The van der Waals surface area contributed by atoms with Crippen molar-refractivity contribution in [1.29, 1.82) is 0 Å². The van der Waals surface area contributed by atoms with Crippen molar-refractivity contribution in [1.82, 2.24) is 0 Å². The molecule has 1 heteroatoms. The Morgan fingerprint density at radius 3 is 2.57 bits per heavy atom. The van der Waals surface area contributed by atoms with Crippen molar-refractivity contribution in [3.63, 3.8) is 0 Å². The van der Waals surface area contributed by atoms with Gasteiger partial charge < -0.3 is 5.11 Å². The lowest BCUT2D eigenvalue weighted by atomic mass is 10.2. The topological polar surface area (TPSA) is 20.2 Å². The zero-order valence-electron chi connectivity index (χ0n) is 7.96. The van der Waals surface area contributed by atoms with Crippen molar-refractivity contribution in [2.45, 2.75) is 12.8 Å². The summed E-state index contributed by atoms with van der Waals surface area (Å²) in [7, 11) is 0. The highest BCUT2D eigenvalue weighted by atomic mass is 16.2. The standard InChI is InChI=1S/C13H12O/c14-12-8-3-1-2-5-9-13-10-6-4-7-11-13/h4,6-7,10-11,14H,3,8,12H2. The van der Waals surface area contributed by atoms with Crippen molar-refractivity contribution >= 4 is 0 Å². The van der Waals surface area contributed by atoms with Gasteiger partial charge in [0.2, 0.25) is 0 Å². The maximum Gasteiger partial charge on any atom is 0.0440 e. The summed E-state index contributed by atoms with van der Waals surface area (Å²) in [6, 6.07) is 9.75. The van der Waals surface area contributed by atoms with E-state index in [0.717, 1.165) is 12.0 Å². The largest absolute Gasteiger partial charge is 0.396 e. The lowest BCUT2D eigenvalue weighted by Crippen LogP contribution is -1.78. The fraction of sp³-hybridized carbons (Fsp3) is 0.231. The fourth-order valence-electron chi connectivity index (χ4n) is 0.899. The van der Waals surface area contributed by atoms with Gasteiger partial charge in [-0.2, -0.15) is 0 Å². The van der Waals surface area contributed by atoms with Gasteiger partial charge in [0.15, 0.2) is 0 Å². The second-order valence-corrected chi connectivity index (χ2v) is 2.74. The molecule has 0 bridgehead atoms. The molecule has 1 nitrogen and oxygen atoms in total. The SMILES string of the molecule is OCCCC#CC#Cc1ccccc1. The number of unbranched alkanes of at least 4 members (excludes halogenated alkanes) is 1. The predicted molar refractivity (Wildman–Crippen MR) is 57.4 cm³/mol. The second kappa shape index (κ2) is 6.78. The molecule has 0 atom stereocenters. The molecule has 0 aliphatic carbocycles. The first kappa shape index (κ1) is 10.4. The summed E-state index contributed by atoms with van der Waals surface area (Å²) < 4.78 is 0. The molecule has 0 fully saturated rings. The summed E-state index contributed by atoms with van der Waals surface area (Å²) in [6.45, 7) is 0.195. The van der Waals surface area contributed by atoms with Crippen LogP contribution in [-0.4, -0.2) is 11.7 Å². The Balaban J connectivity index is 2.43. The van der Waals surface area contributed by atoms with E-state index in [0.29, 0.717) is 6.42 Å². The zero-order chi connectivity index (χ0) is 10.1. The van der Waals surface area contributed by atoms with Crippen LogP contribution < -0.4 is 0 Å². The highest BCUT2D eigenvalue weighted by molar-refractivity contribution is 5.39. The van der Waals surface area contributed by atoms with Gasteiger partial charge in [-0.3, -0.25) is 0 Å². The van der Waals surface area contributed by atoms with Crippen molar-refractivity contribution in [2.75, 3.05) is 6.61 Å². The monoisotopic (exact) mass is 184 g/mol. The summed E-state index contributed by atoms with van der Waals surface area (Å²) in [4.78, 5) is 0. The molecule has 14 heavy (non-hydrogen) atoms. The Bertz CT molecular complexity index is 370. The molecule has 1 aromatic rings. The molecule has 0 aliphatic heterocycles. The van der Waals surface area contributed by atoms with E-state index >= 15 is 0 Å². The number of hydrogen-bond acceptors (Lipinski definition) is 1. The molecule has 0 aliphatic rings. The molecule has 1 N–H and O–H groups in total. The highest BCUT2D eigenvalue weighted by Crippen LogP contribution is 1.94. The van der Waals surface area contributed by atoms with Crippen LogP contribution in [0, 0.1) is 23.7 Å². The van der Waals surface area contributed by atoms with E-state index in [4.69, 9.17) is 5.11 Å². The first-order valence-corrected chi connectivity index (χ1v) is 4.58. The molecule has 0 amide bonds. The van der Waals surface area contributed by atoms with Gasteiger partial charge in [-0.1, -0.05) is 30.0 Å². The van der Waals surface area contributed by atoms with Crippen LogP contribution in [0.4, 0.5) is 0 Å². The maximum absolute atomic E-state index is 8.50. The molecule has 1 aromatic carbocycles. The van der Waals surface area contributed by atoms with Crippen LogP contribution in [0.2, 0.25) is 0 Å². The average molecular weight is 184 g/mol. The van der Waals surface area contributed by atoms with Gasteiger partial charge in [0.05, 0.1) is 0 Å². The third kappa shape index (κ3) is 4.36. The third-order valence-electron chi connectivity index (χ3n) is 1.59. The Labute approximate surface area is 84.8 Å². The maximum atomic E-state index is 8.50. The summed E-state index contributed by atoms with van der Waals surface area (Å²) in [5, 5.41) is 8.50. The normalized spacial score (nSPS) is 8.07. The molecule has 0 radical (unpaired) electrons. The Morgan fingerprint density at radius 1 is 1.07 bits per heavy atom. The van der Waals surface area contributed by atoms with Gasteiger partial charge in [-0.25, -0.2) is 0 Å². The number of benzene rings is 1. The smallest absolute Gasteiger partial charge is 0.0440 e. The van der Waals surface area contributed by atoms with E-state index in [1.807, 2.05) is 30.3 Å². The first-order valence-electron chi connectivity index (χ1n) is 4.58. The summed E-state index contributed by atoms with van der Waals surface area (Å²) in [5.41, 5.74) is 0.976. The highest BCUT2D eigenvalue weighted by Gasteiger charge is 1.79. The number of aliphatic hydroxyl groups is 1. The van der Waals surface area contributed by atoms with Gasteiger partial charge >= 0.3 is 0 Å². The minimum absolute atomic E-state index is 0.195. The Morgan fingerprint density at radius 2 is 1.86 bits per heavy atom. The zero-order valence-corrected chi connectivity index (χ0v) is 7.96. The lowest BCUT2D eigenvalue weighted by Gasteiger charge is -1.84. The van der Waals surface area contributed by atoms with E-state index < -0.39 is 0 Å². The van der Waals surface area contributed by atoms with Crippen LogP contribution in [-0.2, 0) is 0 Å². The van der Waals surface area contributed by atoms with Crippen molar-refractivity contribution in [2.24, 2.45) is 0 Å². The molecule has 0 aromatic heterocycles. The van der Waals surface area contributed by atoms with Crippen molar-refractivity contribution < 1.29 is 5.11 Å². The molecule has 0 spiro atoms. The van der Waals surface area contributed by atoms with Crippen LogP contribution in [0.15, 0.2) is 30.3 Å². The molecule has 0 saturated carbocycles. The van der Waals surface area contributed by atoms with E-state index in [2.05, 4.69) is 23.7 Å². The minimum atomic E-state index is 0.195. The van der Waals surface area contributed by atoms with Gasteiger partial charge in [0.1, 0.15) is 0 Å². The van der Waals surface area contributed by atoms with Gasteiger partial charge in [-0.15, -0.1) is 0 Å². The number of hydrogen-bond donors (Lipinski definition) is 1. The van der Waals surface area contributed by atoms with E-state index in [1.54, 1.807) is 0 Å². The summed E-state index contributed by atoms with van der Waals surface area (Å²) in [5.74, 6) is 11.3. The van der Waals surface area contributed by atoms with Crippen molar-refractivity contribution in [3.8, 4) is 23.7 Å². The summed E-state index contributed by atoms with van der Waals surface area (Å²) in [6.07, 6.45) is 1.43. The molecular formula is C13H12O. The van der Waals surface area contributed by atoms with E-state index in [-0.39, 0.29) is 6.61 Å². The van der Waals surface area contributed by atoms with Crippen LogP contribution in [0.1, 0.15) is 18.4 Å². The van der Waals surface area contributed by atoms with Gasteiger partial charge in [0, 0.05) is 18.6 Å². The second-order valence-electron chi connectivity index (χ2n) is 2.74. The average Bonchev–Trinajstić information content (AvgIpc) is 2.25. The number of rotatable bonds is 2. The minimum Gasteiger partial charge on any atom is -0.396 e. The lowest BCUT2D eigenvalue weighted by molar-refractivity contribution is 0.290. The molecule has 0 saturated heterocycles. The number of aliphatic hydroxyl groups excluding tert-OH is 1. The summed E-state index contributed by atoms with van der Waals surface area (Å²) >= 11 is 0. The quantitative estimate of drug-likeness (QED) is 0.549. The fourth-order valence-corrected chi connectivity index (χ4v) is 0.899. The van der Waals surface area contributed by atoms with Gasteiger partial charge in [-0.05, 0) is 30.4 Å². The van der Waals surface area contributed by atoms with Crippen LogP contribution in [0.3, 0.4) is 0 Å². The van der Waals surface area contributed by atoms with Crippen LogP contribution in [0.25, 0.3) is 0 Å². The predicted octanol–water partition coefficient (Wildman–Crippen LogP) is 1.81. The molecule has 1 rings (SSSR count). The molecular weight excluding hydrogens is 172 g/mol. The van der Waals surface area contributed by atoms with Gasteiger partial charge in [0.25, 0.3) is 0 Å². The first-order chi connectivity index (χ1) is 6.93.